The fourth-order valence-corrected chi connectivity index (χ4v) is 3.05. The molecule has 0 aliphatic carbocycles. The summed E-state index contributed by atoms with van der Waals surface area (Å²) in [6.45, 7) is 3.70. The summed E-state index contributed by atoms with van der Waals surface area (Å²) in [5.41, 5.74) is 2.24. The molecule has 0 aliphatic rings. The second-order valence-corrected chi connectivity index (χ2v) is 7.95. The van der Waals surface area contributed by atoms with E-state index in [1.807, 2.05) is 0 Å². The molecule has 2 aromatic rings. The topological polar surface area (TPSA) is 92.8 Å². The molecule has 8 heteroatoms. The average molecular weight is 390 g/mol. The lowest BCUT2D eigenvalue weighted by Crippen LogP contribution is -2.26. The number of esters is 1. The highest BCUT2D eigenvalue weighted by molar-refractivity contribution is 7.92. The number of nitrogens with zero attached hydrogens (tertiary/aromatic N) is 1. The van der Waals surface area contributed by atoms with Crippen LogP contribution in [0.1, 0.15) is 33.2 Å². The Labute approximate surface area is 159 Å². The summed E-state index contributed by atoms with van der Waals surface area (Å²) in [7, 11) is -2.00. The summed E-state index contributed by atoms with van der Waals surface area (Å²) in [6.07, 6.45) is 1.10. The first-order chi connectivity index (χ1) is 12.6. The van der Waals surface area contributed by atoms with Gasteiger partial charge in [0, 0.05) is 18.3 Å². The van der Waals surface area contributed by atoms with Crippen molar-refractivity contribution in [2.75, 3.05) is 29.5 Å². The average Bonchev–Trinajstić information content (AvgIpc) is 2.61. The third kappa shape index (κ3) is 4.85. The van der Waals surface area contributed by atoms with E-state index in [9.17, 15) is 18.0 Å². The van der Waals surface area contributed by atoms with Gasteiger partial charge in [-0.2, -0.15) is 0 Å². The Bertz CT molecular complexity index is 953. The van der Waals surface area contributed by atoms with Crippen LogP contribution < -0.4 is 9.62 Å². The number of amides is 1. The van der Waals surface area contributed by atoms with Gasteiger partial charge in [0.25, 0.3) is 5.91 Å². The van der Waals surface area contributed by atoms with E-state index in [1.165, 1.54) is 7.05 Å². The number of nitrogens with one attached hydrogen (secondary N) is 1. The summed E-state index contributed by atoms with van der Waals surface area (Å²) in [5.74, 6) is -0.803. The van der Waals surface area contributed by atoms with Crippen LogP contribution in [-0.4, -0.2) is 40.2 Å². The first-order valence-electron chi connectivity index (χ1n) is 8.27. The molecule has 0 atom stereocenters. The predicted octanol–water partition coefficient (Wildman–Crippen LogP) is 2.82. The minimum Gasteiger partial charge on any atom is -0.462 e. The quantitative estimate of drug-likeness (QED) is 0.766. The molecular formula is C19H22N2O5S. The van der Waals surface area contributed by atoms with Gasteiger partial charge in [0.15, 0.2) is 0 Å². The second kappa shape index (κ2) is 8.22. The highest BCUT2D eigenvalue weighted by Gasteiger charge is 2.18. The number of carbonyl (C=O) groups excluding carboxylic acids is 2. The van der Waals surface area contributed by atoms with Crippen molar-refractivity contribution in [1.82, 2.24) is 0 Å². The van der Waals surface area contributed by atoms with Crippen molar-refractivity contribution in [2.45, 2.75) is 13.8 Å². The number of hydrogen-bond donors (Lipinski definition) is 1. The third-order valence-corrected chi connectivity index (χ3v) is 5.23. The van der Waals surface area contributed by atoms with Crippen molar-refractivity contribution >= 4 is 33.3 Å². The molecule has 7 nitrogen and oxygen atoms in total. The van der Waals surface area contributed by atoms with Crippen molar-refractivity contribution in [3.05, 3.63) is 59.2 Å². The fourth-order valence-electron chi connectivity index (χ4n) is 2.49. The molecule has 0 heterocycles. The molecule has 0 saturated heterocycles. The van der Waals surface area contributed by atoms with E-state index in [-0.39, 0.29) is 12.5 Å². The number of rotatable bonds is 6. The zero-order chi connectivity index (χ0) is 20.2. The Kier molecular flexibility index (Phi) is 6.22. The van der Waals surface area contributed by atoms with Crippen LogP contribution in [0.5, 0.6) is 0 Å². The maximum atomic E-state index is 12.6. The van der Waals surface area contributed by atoms with Gasteiger partial charge in [-0.05, 0) is 55.8 Å². The highest BCUT2D eigenvalue weighted by atomic mass is 32.2. The molecule has 0 unspecified atom stereocenters. The maximum absolute atomic E-state index is 12.6. The molecule has 0 aromatic heterocycles. The fraction of sp³-hybridized carbons (Fsp3) is 0.263. The molecule has 0 fully saturated rings. The van der Waals surface area contributed by atoms with E-state index < -0.39 is 16.0 Å². The first kappa shape index (κ1) is 20.4. The Morgan fingerprint density at radius 1 is 1.11 bits per heavy atom. The number of hydrogen-bond acceptors (Lipinski definition) is 5. The smallest absolute Gasteiger partial charge is 0.338 e. The minimum absolute atomic E-state index is 0.287. The standard InChI is InChI=1S/C19H22N2O5S/c1-5-26-19(23)14-9-11-15(12-10-14)20-18(22)16-7-6-8-17(13(16)2)21(3)27(4,24)25/h6-12H,5H2,1-4H3,(H,20,22). The van der Waals surface area contributed by atoms with Crippen molar-refractivity contribution < 1.29 is 22.7 Å². The van der Waals surface area contributed by atoms with Gasteiger partial charge in [-0.3, -0.25) is 9.10 Å². The number of carbonyl (C=O) groups is 2. The Hall–Kier alpha value is -2.87. The molecule has 144 valence electrons. The molecule has 1 amide bonds. The van der Waals surface area contributed by atoms with Crippen molar-refractivity contribution in [2.24, 2.45) is 0 Å². The van der Waals surface area contributed by atoms with Gasteiger partial charge < -0.3 is 10.1 Å². The number of anilines is 2. The molecule has 2 rings (SSSR count). The number of benzene rings is 2. The number of ether oxygens (including phenoxy) is 1. The predicted molar refractivity (Wildman–Crippen MR) is 105 cm³/mol. The van der Waals surface area contributed by atoms with Crippen molar-refractivity contribution in [1.29, 1.82) is 0 Å². The van der Waals surface area contributed by atoms with Crippen LogP contribution in [0, 0.1) is 6.92 Å². The monoisotopic (exact) mass is 390 g/mol. The van der Waals surface area contributed by atoms with Crippen LogP contribution in [0.4, 0.5) is 11.4 Å². The van der Waals surface area contributed by atoms with E-state index in [1.54, 1.807) is 56.3 Å². The first-order valence-corrected chi connectivity index (χ1v) is 10.1. The molecule has 0 radical (unpaired) electrons. The van der Waals surface area contributed by atoms with Crippen LogP contribution >= 0.6 is 0 Å². The Morgan fingerprint density at radius 3 is 2.30 bits per heavy atom. The SMILES string of the molecule is CCOC(=O)c1ccc(NC(=O)c2cccc(N(C)S(C)(=O)=O)c2C)cc1. The van der Waals surface area contributed by atoms with E-state index in [2.05, 4.69) is 5.32 Å². The molecule has 0 spiro atoms. The summed E-state index contributed by atoms with van der Waals surface area (Å²) < 4.78 is 29.6. The summed E-state index contributed by atoms with van der Waals surface area (Å²) in [4.78, 5) is 24.3. The van der Waals surface area contributed by atoms with Crippen LogP contribution in [0.3, 0.4) is 0 Å². The van der Waals surface area contributed by atoms with Gasteiger partial charge in [0.2, 0.25) is 10.0 Å². The van der Waals surface area contributed by atoms with Gasteiger partial charge in [0.1, 0.15) is 0 Å². The van der Waals surface area contributed by atoms with Crippen LogP contribution in [0.2, 0.25) is 0 Å². The molecule has 2 aromatic carbocycles. The van der Waals surface area contributed by atoms with Gasteiger partial charge in [-0.15, -0.1) is 0 Å². The summed E-state index contributed by atoms with van der Waals surface area (Å²) in [5, 5.41) is 2.74. The molecule has 0 bridgehead atoms. The van der Waals surface area contributed by atoms with Gasteiger partial charge in [0.05, 0.1) is 24.1 Å². The Balaban J connectivity index is 2.23. The summed E-state index contributed by atoms with van der Waals surface area (Å²) in [6, 6.07) is 11.2. The van der Waals surface area contributed by atoms with E-state index >= 15 is 0 Å². The van der Waals surface area contributed by atoms with E-state index in [0.29, 0.717) is 28.1 Å². The van der Waals surface area contributed by atoms with E-state index in [4.69, 9.17) is 4.74 Å². The van der Waals surface area contributed by atoms with Crippen molar-refractivity contribution in [3.8, 4) is 0 Å². The zero-order valence-electron chi connectivity index (χ0n) is 15.6. The number of sulfonamides is 1. The largest absolute Gasteiger partial charge is 0.462 e. The molecule has 27 heavy (non-hydrogen) atoms. The molecule has 0 aliphatic heterocycles. The van der Waals surface area contributed by atoms with Crippen LogP contribution in [-0.2, 0) is 14.8 Å². The third-order valence-electron chi connectivity index (χ3n) is 4.04. The minimum atomic E-state index is -3.44. The summed E-state index contributed by atoms with van der Waals surface area (Å²) >= 11 is 0. The second-order valence-electron chi connectivity index (χ2n) is 5.93. The lowest BCUT2D eigenvalue weighted by molar-refractivity contribution is 0.0526. The van der Waals surface area contributed by atoms with Crippen LogP contribution in [0.25, 0.3) is 0 Å². The van der Waals surface area contributed by atoms with Gasteiger partial charge >= 0.3 is 5.97 Å². The highest BCUT2D eigenvalue weighted by Crippen LogP contribution is 2.25. The Morgan fingerprint density at radius 2 is 1.74 bits per heavy atom. The van der Waals surface area contributed by atoms with Gasteiger partial charge in [-0.25, -0.2) is 13.2 Å². The molecule has 1 N–H and O–H groups in total. The lowest BCUT2D eigenvalue weighted by atomic mass is 10.1. The maximum Gasteiger partial charge on any atom is 0.338 e. The zero-order valence-corrected chi connectivity index (χ0v) is 16.5. The lowest BCUT2D eigenvalue weighted by Gasteiger charge is -2.20. The van der Waals surface area contributed by atoms with E-state index in [0.717, 1.165) is 10.6 Å². The normalized spacial score (nSPS) is 11.0. The van der Waals surface area contributed by atoms with Crippen molar-refractivity contribution in [3.63, 3.8) is 0 Å². The van der Waals surface area contributed by atoms with Gasteiger partial charge in [-0.1, -0.05) is 6.07 Å². The molecule has 0 saturated carbocycles. The van der Waals surface area contributed by atoms with Crippen LogP contribution in [0.15, 0.2) is 42.5 Å². The molecular weight excluding hydrogens is 368 g/mol.